The quantitative estimate of drug-likeness (QED) is 0.723. The van der Waals surface area contributed by atoms with Gasteiger partial charge in [-0.2, -0.15) is 0 Å². The number of carbonyl (C=O) groups is 1. The molecule has 1 aromatic heterocycles. The SMILES string of the molecule is Cc1ccc2ccn(Cc3cccc(N)c3C(=O)O)c2c1. The van der Waals surface area contributed by atoms with Crippen molar-refractivity contribution in [3.8, 4) is 0 Å². The Bertz CT molecular complexity index is 834. The molecule has 0 saturated carbocycles. The van der Waals surface area contributed by atoms with Crippen molar-refractivity contribution in [2.75, 3.05) is 5.73 Å². The molecule has 1 heterocycles. The molecule has 0 bridgehead atoms. The van der Waals surface area contributed by atoms with Crippen LogP contribution < -0.4 is 5.73 Å². The maximum Gasteiger partial charge on any atom is 0.338 e. The second-order valence-electron chi connectivity index (χ2n) is 5.19. The summed E-state index contributed by atoms with van der Waals surface area (Å²) in [5, 5.41) is 10.5. The molecule has 3 aromatic rings. The van der Waals surface area contributed by atoms with Crippen molar-refractivity contribution >= 4 is 22.6 Å². The molecule has 106 valence electrons. The van der Waals surface area contributed by atoms with Crippen molar-refractivity contribution in [2.24, 2.45) is 0 Å². The van der Waals surface area contributed by atoms with E-state index in [1.165, 1.54) is 5.56 Å². The summed E-state index contributed by atoms with van der Waals surface area (Å²) < 4.78 is 2.05. The molecular weight excluding hydrogens is 264 g/mol. The molecule has 0 fully saturated rings. The third-order valence-corrected chi connectivity index (χ3v) is 3.67. The Morgan fingerprint density at radius 1 is 1.24 bits per heavy atom. The molecule has 3 N–H and O–H groups in total. The van der Waals surface area contributed by atoms with Crippen molar-refractivity contribution in [1.82, 2.24) is 4.57 Å². The fraction of sp³-hybridized carbons (Fsp3) is 0.118. The van der Waals surface area contributed by atoms with Crippen molar-refractivity contribution in [3.05, 3.63) is 65.4 Å². The smallest absolute Gasteiger partial charge is 0.338 e. The first-order valence-corrected chi connectivity index (χ1v) is 6.72. The highest BCUT2D eigenvalue weighted by Gasteiger charge is 2.14. The summed E-state index contributed by atoms with van der Waals surface area (Å²) in [6, 6.07) is 13.5. The highest BCUT2D eigenvalue weighted by molar-refractivity contribution is 5.95. The van der Waals surface area contributed by atoms with Crippen molar-refractivity contribution in [1.29, 1.82) is 0 Å². The Kier molecular flexibility index (Phi) is 3.14. The average molecular weight is 280 g/mol. The topological polar surface area (TPSA) is 68.2 Å². The Morgan fingerprint density at radius 2 is 2.05 bits per heavy atom. The van der Waals surface area contributed by atoms with Crippen LogP contribution in [0.15, 0.2) is 48.7 Å². The van der Waals surface area contributed by atoms with Crippen LogP contribution in [0.2, 0.25) is 0 Å². The van der Waals surface area contributed by atoms with Crippen molar-refractivity contribution in [3.63, 3.8) is 0 Å². The van der Waals surface area contributed by atoms with E-state index in [2.05, 4.69) is 18.2 Å². The van der Waals surface area contributed by atoms with E-state index in [-0.39, 0.29) is 5.56 Å². The van der Waals surface area contributed by atoms with Gasteiger partial charge in [0, 0.05) is 23.9 Å². The average Bonchev–Trinajstić information content (AvgIpc) is 2.81. The second-order valence-corrected chi connectivity index (χ2v) is 5.19. The first kappa shape index (κ1) is 13.2. The van der Waals surface area contributed by atoms with Gasteiger partial charge in [-0.05, 0) is 41.6 Å². The summed E-state index contributed by atoms with van der Waals surface area (Å²) >= 11 is 0. The number of carboxylic acid groups (broad SMARTS) is 1. The number of fused-ring (bicyclic) bond motifs is 1. The summed E-state index contributed by atoms with van der Waals surface area (Å²) in [6.45, 7) is 2.53. The summed E-state index contributed by atoms with van der Waals surface area (Å²) in [6.07, 6.45) is 1.97. The molecule has 0 spiro atoms. The monoisotopic (exact) mass is 280 g/mol. The van der Waals surface area contributed by atoms with Crippen molar-refractivity contribution in [2.45, 2.75) is 13.5 Å². The Morgan fingerprint density at radius 3 is 2.81 bits per heavy atom. The van der Waals surface area contributed by atoms with E-state index in [1.807, 2.05) is 23.8 Å². The zero-order valence-corrected chi connectivity index (χ0v) is 11.7. The van der Waals surface area contributed by atoms with Gasteiger partial charge in [0.05, 0.1) is 5.56 Å². The molecule has 0 unspecified atom stereocenters. The highest BCUT2D eigenvalue weighted by Crippen LogP contribution is 2.22. The third kappa shape index (κ3) is 2.36. The number of nitrogens with two attached hydrogens (primary N) is 1. The van der Waals surface area contributed by atoms with Crippen LogP contribution in [0, 0.1) is 6.92 Å². The Balaban J connectivity index is 2.09. The molecule has 4 heteroatoms. The lowest BCUT2D eigenvalue weighted by molar-refractivity contribution is 0.0697. The summed E-state index contributed by atoms with van der Waals surface area (Å²) in [5.41, 5.74) is 9.26. The van der Waals surface area contributed by atoms with E-state index in [4.69, 9.17) is 5.73 Å². The summed E-state index contributed by atoms with van der Waals surface area (Å²) in [7, 11) is 0. The van der Waals surface area contributed by atoms with Gasteiger partial charge in [0.2, 0.25) is 0 Å². The van der Waals surface area contributed by atoms with Crippen LogP contribution in [0.1, 0.15) is 21.5 Å². The number of nitrogens with zero attached hydrogens (tertiary/aromatic N) is 1. The third-order valence-electron chi connectivity index (χ3n) is 3.67. The van der Waals surface area contributed by atoms with Crippen LogP contribution in [0.5, 0.6) is 0 Å². The zero-order valence-electron chi connectivity index (χ0n) is 11.7. The number of benzene rings is 2. The van der Waals surface area contributed by atoms with Gasteiger partial charge in [0.15, 0.2) is 0 Å². The van der Waals surface area contributed by atoms with Crippen LogP contribution in [-0.2, 0) is 6.54 Å². The minimum absolute atomic E-state index is 0.187. The first-order valence-electron chi connectivity index (χ1n) is 6.72. The van der Waals surface area contributed by atoms with Gasteiger partial charge in [-0.25, -0.2) is 4.79 Å². The lowest BCUT2D eigenvalue weighted by atomic mass is 10.1. The van der Waals surface area contributed by atoms with E-state index in [1.54, 1.807) is 18.2 Å². The largest absolute Gasteiger partial charge is 0.478 e. The Labute approximate surface area is 122 Å². The van der Waals surface area contributed by atoms with Gasteiger partial charge in [-0.3, -0.25) is 0 Å². The maximum atomic E-state index is 11.4. The van der Waals surface area contributed by atoms with Crippen LogP contribution >= 0.6 is 0 Å². The molecule has 0 aliphatic heterocycles. The summed E-state index contributed by atoms with van der Waals surface area (Å²) in [5.74, 6) is -0.990. The molecule has 0 aliphatic carbocycles. The minimum atomic E-state index is -0.990. The van der Waals surface area contributed by atoms with Gasteiger partial charge in [-0.15, -0.1) is 0 Å². The number of hydrogen-bond acceptors (Lipinski definition) is 2. The lowest BCUT2D eigenvalue weighted by Crippen LogP contribution is -2.09. The van der Waals surface area contributed by atoms with Crippen LogP contribution in [-0.4, -0.2) is 15.6 Å². The number of carboxylic acids is 1. The lowest BCUT2D eigenvalue weighted by Gasteiger charge is -2.11. The molecule has 0 saturated heterocycles. The second kappa shape index (κ2) is 4.98. The van der Waals surface area contributed by atoms with E-state index >= 15 is 0 Å². The van der Waals surface area contributed by atoms with E-state index in [0.29, 0.717) is 17.8 Å². The zero-order chi connectivity index (χ0) is 15.0. The number of hydrogen-bond donors (Lipinski definition) is 2. The number of rotatable bonds is 3. The van der Waals surface area contributed by atoms with E-state index in [9.17, 15) is 9.90 Å². The fourth-order valence-electron chi connectivity index (χ4n) is 2.63. The molecule has 0 radical (unpaired) electrons. The predicted molar refractivity (Wildman–Crippen MR) is 83.6 cm³/mol. The standard InChI is InChI=1S/C17H16N2O2/c1-11-5-6-12-7-8-19(15(12)9-11)10-13-3-2-4-14(18)16(13)17(20)21/h2-9H,10,18H2,1H3,(H,20,21). The highest BCUT2D eigenvalue weighted by atomic mass is 16.4. The molecule has 2 aromatic carbocycles. The molecular formula is C17H16N2O2. The molecule has 0 atom stereocenters. The van der Waals surface area contributed by atoms with Crippen LogP contribution in [0.25, 0.3) is 10.9 Å². The predicted octanol–water partition coefficient (Wildman–Crippen LogP) is 3.28. The maximum absolute atomic E-state index is 11.4. The number of nitrogen functional groups attached to an aromatic ring is 1. The van der Waals surface area contributed by atoms with E-state index in [0.717, 1.165) is 10.9 Å². The Hall–Kier alpha value is -2.75. The number of aromatic nitrogens is 1. The normalized spacial score (nSPS) is 10.9. The number of anilines is 1. The number of aryl methyl sites for hydroxylation is 1. The summed E-state index contributed by atoms with van der Waals surface area (Å²) in [4.78, 5) is 11.4. The van der Waals surface area contributed by atoms with Gasteiger partial charge in [0.1, 0.15) is 0 Å². The van der Waals surface area contributed by atoms with Gasteiger partial charge >= 0.3 is 5.97 Å². The molecule has 0 aliphatic rings. The molecule has 21 heavy (non-hydrogen) atoms. The van der Waals surface area contributed by atoms with Crippen LogP contribution in [0.4, 0.5) is 5.69 Å². The van der Waals surface area contributed by atoms with Gasteiger partial charge in [-0.1, -0.05) is 24.3 Å². The fourth-order valence-corrected chi connectivity index (χ4v) is 2.63. The molecule has 3 rings (SSSR count). The minimum Gasteiger partial charge on any atom is -0.478 e. The number of aromatic carboxylic acids is 1. The van der Waals surface area contributed by atoms with Gasteiger partial charge < -0.3 is 15.4 Å². The molecule has 0 amide bonds. The first-order chi connectivity index (χ1) is 10.1. The van der Waals surface area contributed by atoms with Crippen LogP contribution in [0.3, 0.4) is 0 Å². The van der Waals surface area contributed by atoms with Gasteiger partial charge in [0.25, 0.3) is 0 Å². The molecule has 4 nitrogen and oxygen atoms in total. The van der Waals surface area contributed by atoms with E-state index < -0.39 is 5.97 Å². The van der Waals surface area contributed by atoms with Crippen molar-refractivity contribution < 1.29 is 9.90 Å².